The fourth-order valence-electron chi connectivity index (χ4n) is 6.36. The summed E-state index contributed by atoms with van der Waals surface area (Å²) in [5.74, 6) is 0.879. The van der Waals surface area contributed by atoms with Gasteiger partial charge in [0.25, 0.3) is 0 Å². The van der Waals surface area contributed by atoms with Gasteiger partial charge in [-0.15, -0.1) is 12.4 Å². The molecule has 236 valence electrons. The summed E-state index contributed by atoms with van der Waals surface area (Å²) < 4.78 is 29.0. The van der Waals surface area contributed by atoms with Crippen molar-refractivity contribution in [2.75, 3.05) is 39.5 Å². The molecule has 1 spiro atoms. The number of rotatable bonds is 11. The van der Waals surface area contributed by atoms with Crippen LogP contribution in [-0.4, -0.2) is 69.6 Å². The van der Waals surface area contributed by atoms with Crippen LogP contribution in [0.5, 0.6) is 5.75 Å². The molecule has 3 aromatic rings. The third-order valence-electron chi connectivity index (χ3n) is 8.95. The standard InChI is InChI=1S/C34H41N3O5S.ClH/c1-42-31-11-7-6-10-28(31)24-32(38)35-30(27-8-4-3-5-9-27)16-20-36-21-17-34(18-22-36)19-23-37(33(34)39)25-26-12-14-29(15-13-26)43(2,40)41;/h3-15,30H,16-25H2,1-2H3,(H,35,38);1H. The first-order valence-corrected chi connectivity index (χ1v) is 16.8. The number of halogens is 1. The summed E-state index contributed by atoms with van der Waals surface area (Å²) in [5.41, 5.74) is 2.56. The maximum absolute atomic E-state index is 13.5. The van der Waals surface area contributed by atoms with Gasteiger partial charge in [0.15, 0.2) is 9.84 Å². The van der Waals surface area contributed by atoms with Crippen LogP contribution in [-0.2, 0) is 32.4 Å². The molecule has 0 aromatic heterocycles. The number of likely N-dealkylation sites (tertiary alicyclic amines) is 2. The second-order valence-electron chi connectivity index (χ2n) is 11.8. The van der Waals surface area contributed by atoms with Gasteiger partial charge in [0.05, 0.1) is 29.9 Å². The average Bonchev–Trinajstić information content (AvgIpc) is 3.30. The number of methoxy groups -OCH3 is 1. The van der Waals surface area contributed by atoms with Crippen molar-refractivity contribution in [2.45, 2.75) is 49.6 Å². The molecule has 0 bridgehead atoms. The summed E-state index contributed by atoms with van der Waals surface area (Å²) in [7, 11) is -1.63. The number of nitrogens with one attached hydrogen (secondary N) is 1. The molecule has 2 heterocycles. The number of sulfone groups is 1. The molecule has 1 unspecified atom stereocenters. The number of benzene rings is 3. The van der Waals surface area contributed by atoms with E-state index < -0.39 is 9.84 Å². The molecule has 1 atom stereocenters. The van der Waals surface area contributed by atoms with Crippen molar-refractivity contribution < 1.29 is 22.7 Å². The van der Waals surface area contributed by atoms with Crippen molar-refractivity contribution in [3.05, 3.63) is 95.6 Å². The molecular weight excluding hydrogens is 598 g/mol. The van der Waals surface area contributed by atoms with Gasteiger partial charge in [-0.25, -0.2) is 8.42 Å². The summed E-state index contributed by atoms with van der Waals surface area (Å²) in [4.78, 5) is 31.3. The normalized spacial score (nSPS) is 17.2. The Kier molecular flexibility index (Phi) is 11.1. The lowest BCUT2D eigenvalue weighted by Gasteiger charge is -2.38. The van der Waals surface area contributed by atoms with Crippen LogP contribution in [0.25, 0.3) is 0 Å². The first-order chi connectivity index (χ1) is 20.7. The molecule has 2 aliphatic heterocycles. The molecule has 0 saturated carbocycles. The van der Waals surface area contributed by atoms with Gasteiger partial charge in [0.1, 0.15) is 5.75 Å². The van der Waals surface area contributed by atoms with Crippen molar-refractivity contribution in [1.29, 1.82) is 0 Å². The zero-order valence-corrected chi connectivity index (χ0v) is 27.0. The second kappa shape index (κ2) is 14.6. The Labute approximate surface area is 267 Å². The van der Waals surface area contributed by atoms with Gasteiger partial charge in [-0.2, -0.15) is 0 Å². The van der Waals surface area contributed by atoms with Crippen LogP contribution in [0.2, 0.25) is 0 Å². The highest BCUT2D eigenvalue weighted by molar-refractivity contribution is 7.90. The Bertz CT molecular complexity index is 1520. The highest BCUT2D eigenvalue weighted by Crippen LogP contribution is 2.42. The number of carbonyl (C=O) groups is 2. The smallest absolute Gasteiger partial charge is 0.229 e. The summed E-state index contributed by atoms with van der Waals surface area (Å²) in [6.45, 7) is 3.75. The molecule has 10 heteroatoms. The first-order valence-electron chi connectivity index (χ1n) is 14.9. The molecule has 8 nitrogen and oxygen atoms in total. The van der Waals surface area contributed by atoms with E-state index in [1.54, 1.807) is 31.4 Å². The number of hydrogen-bond donors (Lipinski definition) is 1. The molecule has 44 heavy (non-hydrogen) atoms. The number of ether oxygens (including phenoxy) is 1. The van der Waals surface area contributed by atoms with Crippen molar-refractivity contribution in [3.63, 3.8) is 0 Å². The first kappa shape index (κ1) is 33.5. The number of carbonyl (C=O) groups excluding carboxylic acids is 2. The quantitative estimate of drug-likeness (QED) is 0.323. The van der Waals surface area contributed by atoms with E-state index in [0.29, 0.717) is 17.2 Å². The molecule has 1 N–H and O–H groups in total. The number of amides is 2. The van der Waals surface area contributed by atoms with Crippen molar-refractivity contribution in [1.82, 2.24) is 15.1 Å². The number of hydrogen-bond acceptors (Lipinski definition) is 6. The lowest BCUT2D eigenvalue weighted by molar-refractivity contribution is -0.139. The van der Waals surface area contributed by atoms with Gasteiger partial charge in [-0.3, -0.25) is 9.59 Å². The predicted molar refractivity (Wildman–Crippen MR) is 174 cm³/mol. The van der Waals surface area contributed by atoms with Crippen LogP contribution < -0.4 is 10.1 Å². The molecule has 2 amide bonds. The van der Waals surface area contributed by atoms with Gasteiger partial charge in [0.2, 0.25) is 11.8 Å². The number of para-hydroxylation sites is 1. The topological polar surface area (TPSA) is 96.0 Å². The third kappa shape index (κ3) is 8.00. The SMILES string of the molecule is COc1ccccc1CC(=O)NC(CCN1CCC2(CC1)CCN(Cc1ccc(S(C)(=O)=O)cc1)C2=O)c1ccccc1.Cl. The van der Waals surface area contributed by atoms with E-state index in [4.69, 9.17) is 4.74 Å². The highest BCUT2D eigenvalue weighted by Gasteiger charge is 2.47. The molecule has 0 radical (unpaired) electrons. The van der Waals surface area contributed by atoms with E-state index in [0.717, 1.165) is 68.6 Å². The summed E-state index contributed by atoms with van der Waals surface area (Å²) >= 11 is 0. The molecular formula is C34H42ClN3O5S. The van der Waals surface area contributed by atoms with Crippen LogP contribution in [0.4, 0.5) is 0 Å². The minimum Gasteiger partial charge on any atom is -0.496 e. The Morgan fingerprint density at radius 3 is 2.23 bits per heavy atom. The largest absolute Gasteiger partial charge is 0.496 e. The van der Waals surface area contributed by atoms with Gasteiger partial charge in [-0.05, 0) is 68.1 Å². The van der Waals surface area contributed by atoms with Gasteiger partial charge in [0, 0.05) is 31.5 Å². The van der Waals surface area contributed by atoms with Crippen LogP contribution in [0.3, 0.4) is 0 Å². The van der Waals surface area contributed by atoms with E-state index in [1.165, 1.54) is 6.26 Å². The van der Waals surface area contributed by atoms with Crippen LogP contribution in [0.1, 0.15) is 48.4 Å². The van der Waals surface area contributed by atoms with E-state index in [2.05, 4.69) is 22.3 Å². The minimum absolute atomic E-state index is 0. The minimum atomic E-state index is -3.24. The van der Waals surface area contributed by atoms with Crippen LogP contribution >= 0.6 is 12.4 Å². The lowest BCUT2D eigenvalue weighted by atomic mass is 9.77. The third-order valence-corrected chi connectivity index (χ3v) is 10.1. The summed E-state index contributed by atoms with van der Waals surface area (Å²) in [5, 5.41) is 3.25. The summed E-state index contributed by atoms with van der Waals surface area (Å²) in [6, 6.07) is 24.4. The molecule has 5 rings (SSSR count). The van der Waals surface area contributed by atoms with E-state index in [-0.39, 0.29) is 42.1 Å². The number of nitrogens with zero attached hydrogens (tertiary/aromatic N) is 2. The molecule has 2 saturated heterocycles. The lowest BCUT2D eigenvalue weighted by Crippen LogP contribution is -2.45. The second-order valence-corrected chi connectivity index (χ2v) is 13.8. The van der Waals surface area contributed by atoms with Crippen molar-refractivity contribution >= 4 is 34.1 Å². The average molecular weight is 640 g/mol. The highest BCUT2D eigenvalue weighted by atomic mass is 35.5. The van der Waals surface area contributed by atoms with E-state index in [9.17, 15) is 18.0 Å². The Balaban J connectivity index is 0.00000442. The van der Waals surface area contributed by atoms with Gasteiger partial charge < -0.3 is 19.9 Å². The van der Waals surface area contributed by atoms with Crippen LogP contribution in [0.15, 0.2) is 83.8 Å². The maximum atomic E-state index is 13.5. The Morgan fingerprint density at radius 2 is 1.57 bits per heavy atom. The fourth-order valence-corrected chi connectivity index (χ4v) is 6.99. The van der Waals surface area contributed by atoms with E-state index in [1.807, 2.05) is 47.4 Å². The van der Waals surface area contributed by atoms with Gasteiger partial charge >= 0.3 is 0 Å². The zero-order chi connectivity index (χ0) is 30.5. The van der Waals surface area contributed by atoms with Gasteiger partial charge in [-0.1, -0.05) is 60.7 Å². The fraction of sp³-hybridized carbons (Fsp3) is 0.412. The number of piperidine rings is 1. The monoisotopic (exact) mass is 639 g/mol. The van der Waals surface area contributed by atoms with Crippen molar-refractivity contribution in [3.8, 4) is 5.75 Å². The maximum Gasteiger partial charge on any atom is 0.229 e. The zero-order valence-electron chi connectivity index (χ0n) is 25.4. The molecule has 2 fully saturated rings. The van der Waals surface area contributed by atoms with E-state index >= 15 is 0 Å². The van der Waals surface area contributed by atoms with Crippen molar-refractivity contribution in [2.24, 2.45) is 5.41 Å². The molecule has 2 aliphatic rings. The van der Waals surface area contributed by atoms with Crippen LogP contribution in [0, 0.1) is 5.41 Å². The Morgan fingerprint density at radius 1 is 0.932 bits per heavy atom. The predicted octanol–water partition coefficient (Wildman–Crippen LogP) is 4.83. The molecule has 0 aliphatic carbocycles. The Hall–Kier alpha value is -3.40. The molecule has 3 aromatic carbocycles. The summed E-state index contributed by atoms with van der Waals surface area (Å²) in [6.07, 6.45) is 4.73.